The molecule has 8 nitrogen and oxygen atoms in total. The minimum absolute atomic E-state index is 0.0765. The average molecular weight is 383 g/mol. The number of hydrogen-bond acceptors (Lipinski definition) is 5. The van der Waals surface area contributed by atoms with Gasteiger partial charge in [0.2, 0.25) is 5.91 Å². The Morgan fingerprint density at radius 2 is 2.11 bits per heavy atom. The van der Waals surface area contributed by atoms with Crippen molar-refractivity contribution in [2.24, 2.45) is 0 Å². The van der Waals surface area contributed by atoms with Crippen molar-refractivity contribution in [3.8, 4) is 5.75 Å². The van der Waals surface area contributed by atoms with Gasteiger partial charge in [0, 0.05) is 50.9 Å². The summed E-state index contributed by atoms with van der Waals surface area (Å²) in [4.78, 5) is 28.2. The second-order valence-corrected chi connectivity index (χ2v) is 6.86. The summed E-state index contributed by atoms with van der Waals surface area (Å²) < 4.78 is 7.18. The van der Waals surface area contributed by atoms with Gasteiger partial charge in [-0.2, -0.15) is 0 Å². The number of carbonyl (C=O) groups is 2. The van der Waals surface area contributed by atoms with Gasteiger partial charge in [0.15, 0.2) is 0 Å². The van der Waals surface area contributed by atoms with Crippen LogP contribution >= 0.6 is 0 Å². The van der Waals surface area contributed by atoms with Crippen molar-refractivity contribution in [1.82, 2.24) is 24.8 Å². The lowest BCUT2D eigenvalue weighted by Crippen LogP contribution is -2.36. The van der Waals surface area contributed by atoms with Gasteiger partial charge in [-0.3, -0.25) is 14.3 Å². The number of amides is 2. The van der Waals surface area contributed by atoms with E-state index in [4.69, 9.17) is 4.74 Å². The molecule has 1 aromatic carbocycles. The molecule has 1 aromatic heterocycles. The molecule has 2 amide bonds. The summed E-state index contributed by atoms with van der Waals surface area (Å²) in [5, 5.41) is 7.64. The number of aryl methyl sites for hydroxylation is 1. The Morgan fingerprint density at radius 1 is 1.29 bits per heavy atom. The minimum Gasteiger partial charge on any atom is -0.496 e. The van der Waals surface area contributed by atoms with Gasteiger partial charge < -0.3 is 14.5 Å². The van der Waals surface area contributed by atoms with Crippen molar-refractivity contribution in [3.63, 3.8) is 0 Å². The van der Waals surface area contributed by atoms with Crippen LogP contribution in [-0.2, 0) is 11.3 Å². The molecule has 0 N–H and O–H groups in total. The van der Waals surface area contributed by atoms with Gasteiger partial charge in [0.1, 0.15) is 5.75 Å². The normalized spacial score (nSPS) is 13.8. The van der Waals surface area contributed by atoms with E-state index in [0.717, 1.165) is 17.6 Å². The number of methoxy groups -OCH3 is 1. The maximum absolute atomic E-state index is 12.6. The zero-order valence-corrected chi connectivity index (χ0v) is 16.5. The highest BCUT2D eigenvalue weighted by molar-refractivity contribution is 5.95. The van der Waals surface area contributed by atoms with Crippen LogP contribution in [-0.4, -0.2) is 70.9 Å². The van der Waals surface area contributed by atoms with Crippen LogP contribution in [0, 0.1) is 0 Å². The van der Waals surface area contributed by atoms with Gasteiger partial charge in [-0.15, -0.1) is 5.10 Å². The van der Waals surface area contributed by atoms with Gasteiger partial charge in [-0.25, -0.2) is 0 Å². The van der Waals surface area contributed by atoms with Crippen LogP contribution in [0.15, 0.2) is 36.7 Å². The van der Waals surface area contributed by atoms with Crippen molar-refractivity contribution < 1.29 is 14.3 Å². The lowest BCUT2D eigenvalue weighted by molar-refractivity contribution is -0.131. The van der Waals surface area contributed by atoms with Gasteiger partial charge in [0.05, 0.1) is 19.9 Å². The third-order valence-corrected chi connectivity index (χ3v) is 4.73. The molecule has 2 heterocycles. The van der Waals surface area contributed by atoms with E-state index in [1.165, 1.54) is 4.90 Å². The molecule has 2 aromatic rings. The van der Waals surface area contributed by atoms with E-state index in [0.29, 0.717) is 37.4 Å². The van der Waals surface area contributed by atoms with E-state index in [-0.39, 0.29) is 11.8 Å². The van der Waals surface area contributed by atoms with E-state index in [9.17, 15) is 9.59 Å². The number of ether oxygens (including phenoxy) is 1. The Labute approximate surface area is 164 Å². The molecule has 3 rings (SSSR count). The molecule has 28 heavy (non-hydrogen) atoms. The van der Waals surface area contributed by atoms with E-state index in [1.807, 2.05) is 11.0 Å². The Bertz CT molecular complexity index is 874. The fourth-order valence-electron chi connectivity index (χ4n) is 3.22. The first kappa shape index (κ1) is 19.6. The molecule has 1 aliphatic rings. The van der Waals surface area contributed by atoms with Crippen LogP contribution in [0.2, 0.25) is 0 Å². The average Bonchev–Trinajstić information content (AvgIpc) is 3.24. The smallest absolute Gasteiger partial charge is 0.253 e. The first-order valence-corrected chi connectivity index (χ1v) is 9.20. The van der Waals surface area contributed by atoms with Gasteiger partial charge in [-0.1, -0.05) is 17.4 Å². The van der Waals surface area contributed by atoms with Crippen molar-refractivity contribution in [1.29, 1.82) is 0 Å². The summed E-state index contributed by atoms with van der Waals surface area (Å²) in [7, 11) is 5.03. The fourth-order valence-corrected chi connectivity index (χ4v) is 3.22. The third kappa shape index (κ3) is 4.39. The first-order valence-electron chi connectivity index (χ1n) is 9.20. The molecule has 0 saturated heterocycles. The SMILES string of the molecule is COc1cc(C(=O)N(C)C)ccc1C1=CCCN(C(=O)CCn2ccnn2)C1. The van der Waals surface area contributed by atoms with Gasteiger partial charge >= 0.3 is 0 Å². The minimum atomic E-state index is -0.0765. The molecule has 0 aliphatic carbocycles. The summed E-state index contributed by atoms with van der Waals surface area (Å²) in [5.41, 5.74) is 2.51. The van der Waals surface area contributed by atoms with Crippen LogP contribution in [0.4, 0.5) is 0 Å². The van der Waals surface area contributed by atoms with Crippen molar-refractivity contribution in [2.75, 3.05) is 34.3 Å². The van der Waals surface area contributed by atoms with Crippen LogP contribution in [0.3, 0.4) is 0 Å². The summed E-state index contributed by atoms with van der Waals surface area (Å²) >= 11 is 0. The Hall–Kier alpha value is -3.16. The number of benzene rings is 1. The molecule has 0 atom stereocenters. The highest BCUT2D eigenvalue weighted by Crippen LogP contribution is 2.30. The summed E-state index contributed by atoms with van der Waals surface area (Å²) in [5.74, 6) is 0.641. The van der Waals surface area contributed by atoms with Crippen LogP contribution in [0.25, 0.3) is 5.57 Å². The quantitative estimate of drug-likeness (QED) is 0.758. The summed E-state index contributed by atoms with van der Waals surface area (Å²) in [6.07, 6.45) is 6.64. The zero-order chi connectivity index (χ0) is 20.1. The Kier molecular flexibility index (Phi) is 6.08. The second kappa shape index (κ2) is 8.69. The largest absolute Gasteiger partial charge is 0.496 e. The Balaban J connectivity index is 1.72. The predicted octanol–water partition coefficient (Wildman–Crippen LogP) is 1.69. The van der Waals surface area contributed by atoms with Gasteiger partial charge in [-0.05, 0) is 24.1 Å². The zero-order valence-electron chi connectivity index (χ0n) is 16.5. The highest BCUT2D eigenvalue weighted by atomic mass is 16.5. The van der Waals surface area contributed by atoms with Gasteiger partial charge in [0.25, 0.3) is 5.91 Å². The third-order valence-electron chi connectivity index (χ3n) is 4.73. The molecule has 8 heteroatoms. The van der Waals surface area contributed by atoms with Crippen LogP contribution in [0.1, 0.15) is 28.8 Å². The molecular formula is C20H25N5O3. The monoisotopic (exact) mass is 383 g/mol. The van der Waals surface area contributed by atoms with Crippen LogP contribution in [0.5, 0.6) is 5.75 Å². The molecule has 0 bridgehead atoms. The molecule has 0 radical (unpaired) electrons. The second-order valence-electron chi connectivity index (χ2n) is 6.86. The lowest BCUT2D eigenvalue weighted by atomic mass is 9.98. The molecule has 0 unspecified atom stereocenters. The highest BCUT2D eigenvalue weighted by Gasteiger charge is 2.21. The molecule has 1 aliphatic heterocycles. The Morgan fingerprint density at radius 3 is 2.79 bits per heavy atom. The first-order chi connectivity index (χ1) is 13.5. The van der Waals surface area contributed by atoms with Crippen LogP contribution < -0.4 is 4.74 Å². The number of hydrogen-bond donors (Lipinski definition) is 0. The maximum Gasteiger partial charge on any atom is 0.253 e. The predicted molar refractivity (Wildman–Crippen MR) is 105 cm³/mol. The number of rotatable bonds is 6. The molecule has 0 fully saturated rings. The van der Waals surface area contributed by atoms with E-state index >= 15 is 0 Å². The lowest BCUT2D eigenvalue weighted by Gasteiger charge is -2.28. The standard InChI is InChI=1S/C20H25N5O3/c1-23(2)20(27)15-6-7-17(18(13-15)28-3)16-5-4-10-24(14-16)19(26)8-11-25-12-9-21-22-25/h5-7,9,12-13H,4,8,10-11,14H2,1-3H3. The van der Waals surface area contributed by atoms with E-state index in [2.05, 4.69) is 16.4 Å². The number of nitrogens with zero attached hydrogens (tertiary/aromatic N) is 5. The number of carbonyl (C=O) groups excluding carboxylic acids is 2. The molecule has 0 saturated carbocycles. The summed E-state index contributed by atoms with van der Waals surface area (Å²) in [6, 6.07) is 5.45. The molecular weight excluding hydrogens is 358 g/mol. The molecule has 148 valence electrons. The topological polar surface area (TPSA) is 80.6 Å². The molecule has 0 spiro atoms. The van der Waals surface area contributed by atoms with Crippen molar-refractivity contribution >= 4 is 17.4 Å². The van der Waals surface area contributed by atoms with E-state index in [1.54, 1.807) is 50.4 Å². The van der Waals surface area contributed by atoms with E-state index < -0.39 is 0 Å². The summed E-state index contributed by atoms with van der Waals surface area (Å²) in [6.45, 7) is 1.73. The van der Waals surface area contributed by atoms with Crippen molar-refractivity contribution in [2.45, 2.75) is 19.4 Å². The number of aromatic nitrogens is 3. The maximum atomic E-state index is 12.6. The van der Waals surface area contributed by atoms with Crippen molar-refractivity contribution in [3.05, 3.63) is 47.8 Å². The fraction of sp³-hybridized carbons (Fsp3) is 0.400.